The lowest BCUT2D eigenvalue weighted by Gasteiger charge is -2.21. The number of carbonyl (C=O) groups is 2. The van der Waals surface area contributed by atoms with Gasteiger partial charge in [-0.05, 0) is 36.1 Å². The third kappa shape index (κ3) is 4.11. The van der Waals surface area contributed by atoms with Crippen LogP contribution in [0.25, 0.3) is 0 Å². The van der Waals surface area contributed by atoms with Crippen LogP contribution in [0, 0.1) is 11.3 Å². The summed E-state index contributed by atoms with van der Waals surface area (Å²) in [5, 5.41) is 8.91. The van der Waals surface area contributed by atoms with Gasteiger partial charge in [-0.25, -0.2) is 5.48 Å². The normalized spacial score (nSPS) is 20.6. The highest BCUT2D eigenvalue weighted by atomic mass is 16.5. The van der Waals surface area contributed by atoms with Gasteiger partial charge in [-0.15, -0.1) is 0 Å². The van der Waals surface area contributed by atoms with Crippen LogP contribution in [0.2, 0.25) is 0 Å². The van der Waals surface area contributed by atoms with Gasteiger partial charge in [0, 0.05) is 14.1 Å². The van der Waals surface area contributed by atoms with Crippen molar-refractivity contribution in [1.82, 2.24) is 10.4 Å². The summed E-state index contributed by atoms with van der Waals surface area (Å²) in [7, 11) is 3.35. The van der Waals surface area contributed by atoms with E-state index in [1.165, 1.54) is 4.90 Å². The molecule has 0 aromatic heterocycles. The number of hydroxylamine groups is 1. The van der Waals surface area contributed by atoms with Crippen LogP contribution in [-0.2, 0) is 22.6 Å². The number of hydrogen-bond acceptors (Lipinski definition) is 4. The van der Waals surface area contributed by atoms with Crippen LogP contribution in [0.5, 0.6) is 5.75 Å². The summed E-state index contributed by atoms with van der Waals surface area (Å²) in [6, 6.07) is 17.5. The molecule has 6 heteroatoms. The van der Waals surface area contributed by atoms with Crippen molar-refractivity contribution in [1.29, 1.82) is 0 Å². The minimum Gasteiger partial charge on any atom is -0.489 e. The van der Waals surface area contributed by atoms with Crippen LogP contribution in [0.15, 0.2) is 54.6 Å². The Morgan fingerprint density at radius 2 is 1.78 bits per heavy atom. The summed E-state index contributed by atoms with van der Waals surface area (Å²) in [5.41, 5.74) is 2.92. The molecule has 0 heterocycles. The first-order valence-electron chi connectivity index (χ1n) is 8.87. The Kier molecular flexibility index (Phi) is 5.46. The second kappa shape index (κ2) is 7.80. The summed E-state index contributed by atoms with van der Waals surface area (Å²) in [6.45, 7) is 0.488. The van der Waals surface area contributed by atoms with Gasteiger partial charge in [-0.2, -0.15) is 0 Å². The van der Waals surface area contributed by atoms with Gasteiger partial charge < -0.3 is 9.64 Å². The van der Waals surface area contributed by atoms with Gasteiger partial charge in [-0.3, -0.25) is 14.8 Å². The zero-order chi connectivity index (χ0) is 19.4. The molecule has 0 saturated heterocycles. The van der Waals surface area contributed by atoms with Gasteiger partial charge in [0.25, 0.3) is 0 Å². The quantitative estimate of drug-likeness (QED) is 0.581. The number of carbonyl (C=O) groups excluding carboxylic acids is 2. The Labute approximate surface area is 158 Å². The zero-order valence-electron chi connectivity index (χ0n) is 15.5. The molecule has 142 valence electrons. The van der Waals surface area contributed by atoms with Gasteiger partial charge in [0.2, 0.25) is 11.8 Å². The number of nitrogens with zero attached hydrogens (tertiary/aromatic N) is 1. The molecule has 1 aliphatic carbocycles. The highest BCUT2D eigenvalue weighted by Gasteiger charge is 2.63. The van der Waals surface area contributed by atoms with Crippen LogP contribution in [0.4, 0.5) is 0 Å². The molecule has 0 aliphatic heterocycles. The lowest BCUT2D eigenvalue weighted by molar-refractivity contribution is -0.139. The Morgan fingerprint density at radius 3 is 2.37 bits per heavy atom. The van der Waals surface area contributed by atoms with Crippen LogP contribution >= 0.6 is 0 Å². The molecular formula is C21H24N2O4. The van der Waals surface area contributed by atoms with Crippen molar-refractivity contribution in [3.63, 3.8) is 0 Å². The Bertz CT molecular complexity index is 805. The minimum absolute atomic E-state index is 0.0968. The number of hydrogen-bond donors (Lipinski definition) is 2. The van der Waals surface area contributed by atoms with Crippen molar-refractivity contribution in [3.05, 3.63) is 65.7 Å². The second-order valence-electron chi connectivity index (χ2n) is 7.18. The molecule has 0 radical (unpaired) electrons. The van der Waals surface area contributed by atoms with E-state index in [-0.39, 0.29) is 5.91 Å². The van der Waals surface area contributed by atoms with Crippen molar-refractivity contribution in [2.75, 3.05) is 14.1 Å². The van der Waals surface area contributed by atoms with Crippen molar-refractivity contribution < 1.29 is 19.5 Å². The maximum atomic E-state index is 12.6. The molecule has 0 unspecified atom stereocenters. The number of rotatable bonds is 7. The van der Waals surface area contributed by atoms with Crippen molar-refractivity contribution in [3.8, 4) is 5.75 Å². The molecule has 1 aliphatic rings. The largest absolute Gasteiger partial charge is 0.489 e. The average Bonchev–Trinajstić information content (AvgIpc) is 3.42. The summed E-state index contributed by atoms with van der Waals surface area (Å²) in [5.74, 6) is -0.365. The lowest BCUT2D eigenvalue weighted by Crippen LogP contribution is -2.36. The summed E-state index contributed by atoms with van der Waals surface area (Å²) < 4.78 is 5.78. The Hall–Kier alpha value is -2.86. The monoisotopic (exact) mass is 368 g/mol. The van der Waals surface area contributed by atoms with Gasteiger partial charge in [0.05, 0.1) is 11.3 Å². The third-order valence-corrected chi connectivity index (χ3v) is 5.03. The summed E-state index contributed by atoms with van der Waals surface area (Å²) in [4.78, 5) is 26.0. The third-order valence-electron chi connectivity index (χ3n) is 5.03. The number of amides is 2. The zero-order valence-corrected chi connectivity index (χ0v) is 15.5. The number of nitrogens with one attached hydrogen (secondary N) is 1. The Balaban J connectivity index is 1.67. The first-order chi connectivity index (χ1) is 13.0. The van der Waals surface area contributed by atoms with E-state index in [1.807, 2.05) is 54.6 Å². The molecule has 1 saturated carbocycles. The fourth-order valence-corrected chi connectivity index (χ4v) is 3.49. The molecular weight excluding hydrogens is 344 g/mol. The predicted molar refractivity (Wildman–Crippen MR) is 100 cm³/mol. The SMILES string of the molecule is CN(C)C(=O)[C@@]1(Cc2ccc(OCc3ccccc3)cc2)C[C@@H]1C(=O)NO. The van der Waals surface area contributed by atoms with E-state index in [4.69, 9.17) is 9.94 Å². The fraction of sp³-hybridized carbons (Fsp3) is 0.333. The van der Waals surface area contributed by atoms with E-state index >= 15 is 0 Å². The van der Waals surface area contributed by atoms with Crippen LogP contribution in [-0.4, -0.2) is 36.0 Å². The maximum Gasteiger partial charge on any atom is 0.247 e. The van der Waals surface area contributed by atoms with Crippen molar-refractivity contribution in [2.24, 2.45) is 11.3 Å². The highest BCUT2D eigenvalue weighted by molar-refractivity contribution is 5.95. The van der Waals surface area contributed by atoms with Crippen molar-refractivity contribution >= 4 is 11.8 Å². The average molecular weight is 368 g/mol. The van der Waals surface area contributed by atoms with Gasteiger partial charge in [0.15, 0.2) is 0 Å². The van der Waals surface area contributed by atoms with Crippen LogP contribution in [0.1, 0.15) is 17.5 Å². The summed E-state index contributed by atoms with van der Waals surface area (Å²) >= 11 is 0. The molecule has 2 aromatic carbocycles. The highest BCUT2D eigenvalue weighted by Crippen LogP contribution is 2.56. The van der Waals surface area contributed by atoms with E-state index < -0.39 is 17.2 Å². The number of benzene rings is 2. The molecule has 2 atom stereocenters. The van der Waals surface area contributed by atoms with Gasteiger partial charge in [0.1, 0.15) is 12.4 Å². The molecule has 1 fully saturated rings. The van der Waals surface area contributed by atoms with E-state index in [2.05, 4.69) is 0 Å². The van der Waals surface area contributed by atoms with Crippen LogP contribution in [0.3, 0.4) is 0 Å². The topological polar surface area (TPSA) is 78.9 Å². The maximum absolute atomic E-state index is 12.6. The molecule has 2 N–H and O–H groups in total. The minimum atomic E-state index is -0.789. The first-order valence-corrected chi connectivity index (χ1v) is 8.87. The smallest absolute Gasteiger partial charge is 0.247 e. The summed E-state index contributed by atoms with van der Waals surface area (Å²) in [6.07, 6.45) is 0.879. The van der Waals surface area contributed by atoms with Crippen LogP contribution < -0.4 is 10.2 Å². The second-order valence-corrected chi connectivity index (χ2v) is 7.18. The molecule has 0 bridgehead atoms. The first kappa shape index (κ1) is 18.9. The van der Waals surface area contributed by atoms with E-state index in [0.29, 0.717) is 19.4 Å². The van der Waals surface area contributed by atoms with Crippen molar-refractivity contribution in [2.45, 2.75) is 19.4 Å². The molecule has 2 amide bonds. The molecule has 27 heavy (non-hydrogen) atoms. The van der Waals surface area contributed by atoms with E-state index in [0.717, 1.165) is 16.9 Å². The molecule has 2 aromatic rings. The van der Waals surface area contributed by atoms with Gasteiger partial charge in [-0.1, -0.05) is 42.5 Å². The predicted octanol–water partition coefficient (Wildman–Crippen LogP) is 2.41. The standard InChI is InChI=1S/C21H24N2O4/c1-23(2)20(25)21(13-18(21)19(24)22-26)12-15-8-10-17(11-9-15)27-14-16-6-4-3-5-7-16/h3-11,18,26H,12-14H2,1-2H3,(H,22,24)/t18-,21+/m1/s1. The number of ether oxygens (including phenoxy) is 1. The van der Waals surface area contributed by atoms with E-state index in [9.17, 15) is 9.59 Å². The molecule has 0 spiro atoms. The van der Waals surface area contributed by atoms with E-state index in [1.54, 1.807) is 19.6 Å². The molecule has 6 nitrogen and oxygen atoms in total. The van der Waals surface area contributed by atoms with Gasteiger partial charge >= 0.3 is 0 Å². The lowest BCUT2D eigenvalue weighted by atomic mass is 9.92. The Morgan fingerprint density at radius 1 is 1.11 bits per heavy atom. The molecule has 3 rings (SSSR count). The fourth-order valence-electron chi connectivity index (χ4n) is 3.49.